The van der Waals surface area contributed by atoms with Crippen molar-refractivity contribution in [3.05, 3.63) is 60.2 Å². The Bertz CT molecular complexity index is 834. The van der Waals surface area contributed by atoms with Gasteiger partial charge in [0.25, 0.3) is 0 Å². The highest BCUT2D eigenvalue weighted by Crippen LogP contribution is 2.24. The molecule has 2 aromatic carbocycles. The first kappa shape index (κ1) is 16.5. The van der Waals surface area contributed by atoms with Crippen LogP contribution in [0.1, 0.15) is 12.0 Å². The van der Waals surface area contributed by atoms with Crippen molar-refractivity contribution >= 4 is 21.6 Å². The molecule has 1 saturated heterocycles. The maximum Gasteiger partial charge on any atom is 0.321 e. The molecule has 1 N–H and O–H groups in total. The first-order valence-electron chi connectivity index (χ1n) is 7.89. The Morgan fingerprint density at radius 1 is 1.08 bits per heavy atom. The van der Waals surface area contributed by atoms with Gasteiger partial charge in [-0.3, -0.25) is 0 Å². The predicted molar refractivity (Wildman–Crippen MR) is 93.8 cm³/mol. The number of hydrogen-bond donors (Lipinski definition) is 1. The zero-order valence-corrected chi connectivity index (χ0v) is 14.3. The molecule has 1 atom stereocenters. The molecule has 5 nitrogen and oxygen atoms in total. The van der Waals surface area contributed by atoms with E-state index < -0.39 is 15.1 Å². The number of sulfone groups is 1. The molecule has 0 aromatic heterocycles. The third-order valence-corrected chi connectivity index (χ3v) is 6.52. The number of amides is 2. The Morgan fingerprint density at radius 2 is 1.75 bits per heavy atom. The largest absolute Gasteiger partial charge is 0.323 e. The molecule has 1 heterocycles. The summed E-state index contributed by atoms with van der Waals surface area (Å²) in [5, 5.41) is 2.30. The molecule has 0 saturated carbocycles. The molecule has 1 fully saturated rings. The number of carbonyl (C=O) groups excluding carboxylic acids is 1. The molecule has 6 heteroatoms. The van der Waals surface area contributed by atoms with E-state index in [4.69, 9.17) is 0 Å². The summed E-state index contributed by atoms with van der Waals surface area (Å²) in [6, 6.07) is 15.7. The van der Waals surface area contributed by atoms with Gasteiger partial charge in [0.2, 0.25) is 0 Å². The molecule has 0 aliphatic carbocycles. The molecule has 0 unspecified atom stereocenters. The van der Waals surface area contributed by atoms with Crippen molar-refractivity contribution in [1.29, 1.82) is 0 Å². The standard InChI is InChI=1S/C18H20N2O3S/c1-14-7-5-6-10-17(14)19-18(21)20-12-11-16(13-20)24(22,23)15-8-3-2-4-9-15/h2-10,16H,11-13H2,1H3,(H,19,21)/t16-/m1/s1. The van der Waals surface area contributed by atoms with Gasteiger partial charge in [-0.15, -0.1) is 0 Å². The fraction of sp³-hybridized carbons (Fsp3) is 0.278. The Labute approximate surface area is 142 Å². The smallest absolute Gasteiger partial charge is 0.321 e. The fourth-order valence-corrected chi connectivity index (χ4v) is 4.59. The molecule has 1 aliphatic rings. The summed E-state index contributed by atoms with van der Waals surface area (Å²) >= 11 is 0. The summed E-state index contributed by atoms with van der Waals surface area (Å²) in [6.45, 7) is 2.58. The average Bonchev–Trinajstić information content (AvgIpc) is 3.09. The summed E-state index contributed by atoms with van der Waals surface area (Å²) in [5.74, 6) is 0. The first-order valence-corrected chi connectivity index (χ1v) is 9.43. The van der Waals surface area contributed by atoms with Gasteiger partial charge in [0, 0.05) is 18.8 Å². The minimum absolute atomic E-state index is 0.217. The number of benzene rings is 2. The van der Waals surface area contributed by atoms with Crippen LogP contribution < -0.4 is 5.32 Å². The van der Waals surface area contributed by atoms with Crippen molar-refractivity contribution in [2.45, 2.75) is 23.5 Å². The molecule has 0 radical (unpaired) electrons. The van der Waals surface area contributed by atoms with Crippen LogP contribution in [0.2, 0.25) is 0 Å². The number of para-hydroxylation sites is 1. The van der Waals surface area contributed by atoms with Crippen molar-refractivity contribution in [3.63, 3.8) is 0 Å². The zero-order chi connectivity index (χ0) is 17.2. The molecular weight excluding hydrogens is 324 g/mol. The summed E-state index contributed by atoms with van der Waals surface area (Å²) < 4.78 is 25.3. The lowest BCUT2D eigenvalue weighted by Gasteiger charge is -2.18. The van der Waals surface area contributed by atoms with E-state index in [-0.39, 0.29) is 12.6 Å². The van der Waals surface area contributed by atoms with Crippen LogP contribution in [-0.4, -0.2) is 37.7 Å². The third kappa shape index (κ3) is 3.28. The quantitative estimate of drug-likeness (QED) is 0.930. The van der Waals surface area contributed by atoms with Crippen molar-refractivity contribution < 1.29 is 13.2 Å². The minimum Gasteiger partial charge on any atom is -0.323 e. The summed E-state index contributed by atoms with van der Waals surface area (Å²) in [6.07, 6.45) is 0.457. The van der Waals surface area contributed by atoms with Crippen LogP contribution in [-0.2, 0) is 9.84 Å². The fourth-order valence-electron chi connectivity index (χ4n) is 2.88. The van der Waals surface area contributed by atoms with Gasteiger partial charge in [0.1, 0.15) is 0 Å². The normalized spacial score (nSPS) is 17.7. The number of carbonyl (C=O) groups is 1. The van der Waals surface area contributed by atoms with E-state index in [0.29, 0.717) is 17.9 Å². The second-order valence-corrected chi connectivity index (χ2v) is 8.19. The lowest BCUT2D eigenvalue weighted by molar-refractivity contribution is 0.222. The number of nitrogens with zero attached hydrogens (tertiary/aromatic N) is 1. The molecule has 126 valence electrons. The van der Waals surface area contributed by atoms with E-state index in [9.17, 15) is 13.2 Å². The van der Waals surface area contributed by atoms with Gasteiger partial charge in [0.05, 0.1) is 10.1 Å². The van der Waals surface area contributed by atoms with E-state index in [2.05, 4.69) is 5.32 Å². The summed E-state index contributed by atoms with van der Waals surface area (Å²) in [7, 11) is -3.41. The van der Waals surface area contributed by atoms with E-state index in [1.807, 2.05) is 31.2 Å². The van der Waals surface area contributed by atoms with Crippen LogP contribution >= 0.6 is 0 Å². The van der Waals surface area contributed by atoms with Crippen molar-refractivity contribution in [1.82, 2.24) is 4.90 Å². The maximum atomic E-state index is 12.7. The van der Waals surface area contributed by atoms with Crippen LogP contribution in [0.25, 0.3) is 0 Å². The van der Waals surface area contributed by atoms with Gasteiger partial charge in [-0.2, -0.15) is 0 Å². The lowest BCUT2D eigenvalue weighted by Crippen LogP contribution is -2.35. The molecule has 0 bridgehead atoms. The zero-order valence-electron chi connectivity index (χ0n) is 13.5. The van der Waals surface area contributed by atoms with Gasteiger partial charge < -0.3 is 10.2 Å². The van der Waals surface area contributed by atoms with E-state index in [1.165, 1.54) is 0 Å². The van der Waals surface area contributed by atoms with Crippen LogP contribution in [0.5, 0.6) is 0 Å². The summed E-state index contributed by atoms with van der Waals surface area (Å²) in [5.41, 5.74) is 1.72. The SMILES string of the molecule is Cc1ccccc1NC(=O)N1CC[C@@H](S(=O)(=O)c2ccccc2)C1. The second-order valence-electron chi connectivity index (χ2n) is 5.96. The van der Waals surface area contributed by atoms with E-state index in [1.54, 1.807) is 35.2 Å². The van der Waals surface area contributed by atoms with Gasteiger partial charge in [-0.1, -0.05) is 36.4 Å². The van der Waals surface area contributed by atoms with Crippen LogP contribution in [0.3, 0.4) is 0 Å². The maximum absolute atomic E-state index is 12.7. The average molecular weight is 344 g/mol. The highest BCUT2D eigenvalue weighted by molar-refractivity contribution is 7.92. The van der Waals surface area contributed by atoms with Crippen LogP contribution in [0, 0.1) is 6.92 Å². The van der Waals surface area contributed by atoms with Gasteiger partial charge >= 0.3 is 6.03 Å². The van der Waals surface area contributed by atoms with Gasteiger partial charge in [0.15, 0.2) is 9.84 Å². The van der Waals surface area contributed by atoms with E-state index in [0.717, 1.165) is 11.3 Å². The molecular formula is C18H20N2O3S. The number of aryl methyl sites for hydroxylation is 1. The van der Waals surface area contributed by atoms with Crippen molar-refractivity contribution in [2.75, 3.05) is 18.4 Å². The first-order chi connectivity index (χ1) is 11.5. The molecule has 3 rings (SSSR count). The number of anilines is 1. The molecule has 24 heavy (non-hydrogen) atoms. The highest BCUT2D eigenvalue weighted by atomic mass is 32.2. The number of urea groups is 1. The second kappa shape index (κ2) is 6.65. The Balaban J connectivity index is 1.69. The Kier molecular flexibility index (Phi) is 4.57. The highest BCUT2D eigenvalue weighted by Gasteiger charge is 2.36. The minimum atomic E-state index is -3.41. The molecule has 2 amide bonds. The number of nitrogens with one attached hydrogen (secondary N) is 1. The topological polar surface area (TPSA) is 66.5 Å². The monoisotopic (exact) mass is 344 g/mol. The van der Waals surface area contributed by atoms with Crippen LogP contribution in [0.4, 0.5) is 10.5 Å². The van der Waals surface area contributed by atoms with Crippen LogP contribution in [0.15, 0.2) is 59.5 Å². The Morgan fingerprint density at radius 3 is 2.46 bits per heavy atom. The number of rotatable bonds is 3. The summed E-state index contributed by atoms with van der Waals surface area (Å²) in [4.78, 5) is 14.3. The Hall–Kier alpha value is -2.34. The van der Waals surface area contributed by atoms with Gasteiger partial charge in [-0.25, -0.2) is 13.2 Å². The third-order valence-electron chi connectivity index (χ3n) is 4.33. The predicted octanol–water partition coefficient (Wildman–Crippen LogP) is 3.08. The lowest BCUT2D eigenvalue weighted by atomic mass is 10.2. The van der Waals surface area contributed by atoms with E-state index >= 15 is 0 Å². The number of likely N-dealkylation sites (tertiary alicyclic amines) is 1. The molecule has 1 aliphatic heterocycles. The van der Waals surface area contributed by atoms with Gasteiger partial charge in [-0.05, 0) is 37.1 Å². The number of hydrogen-bond acceptors (Lipinski definition) is 3. The molecule has 0 spiro atoms. The molecule has 2 aromatic rings. The van der Waals surface area contributed by atoms with Crippen molar-refractivity contribution in [2.24, 2.45) is 0 Å². The van der Waals surface area contributed by atoms with Crippen molar-refractivity contribution in [3.8, 4) is 0 Å².